The molecular weight excluding hydrogens is 316 g/mol. The topological polar surface area (TPSA) is 95.2 Å². The average molecular weight is 336 g/mol. The number of benzene rings is 1. The van der Waals surface area contributed by atoms with Gasteiger partial charge in [0.1, 0.15) is 5.82 Å². The monoisotopic (exact) mass is 336 g/mol. The number of fused-ring (bicyclic) bond motifs is 1. The van der Waals surface area contributed by atoms with Gasteiger partial charge in [-0.25, -0.2) is 13.4 Å². The Labute approximate surface area is 135 Å². The van der Waals surface area contributed by atoms with Gasteiger partial charge < -0.3 is 10.3 Å². The molecule has 2 aromatic rings. The second kappa shape index (κ2) is 5.93. The molecule has 2 N–H and O–H groups in total. The van der Waals surface area contributed by atoms with Crippen molar-refractivity contribution >= 4 is 32.7 Å². The van der Waals surface area contributed by atoms with Gasteiger partial charge in [0.2, 0.25) is 15.9 Å². The van der Waals surface area contributed by atoms with E-state index in [1.807, 2.05) is 12.1 Å². The fraction of sp³-hybridized carbons (Fsp3) is 0.467. The summed E-state index contributed by atoms with van der Waals surface area (Å²) < 4.78 is 23.7. The van der Waals surface area contributed by atoms with Gasteiger partial charge in [-0.15, -0.1) is 0 Å². The number of hydrogen-bond acceptors (Lipinski definition) is 4. The summed E-state index contributed by atoms with van der Waals surface area (Å²) in [5.74, 6) is 1.14. The average Bonchev–Trinajstić information content (AvgIpc) is 2.77. The molecule has 7 nitrogen and oxygen atoms in total. The molecular formula is C15H20N4O3S. The van der Waals surface area contributed by atoms with E-state index >= 15 is 0 Å². The molecule has 23 heavy (non-hydrogen) atoms. The van der Waals surface area contributed by atoms with Gasteiger partial charge in [-0.3, -0.25) is 4.79 Å². The number of amides is 1. The number of aromatic nitrogens is 2. The molecule has 0 unspecified atom stereocenters. The van der Waals surface area contributed by atoms with Crippen LogP contribution < -0.4 is 5.32 Å². The van der Waals surface area contributed by atoms with Gasteiger partial charge in [0.15, 0.2) is 0 Å². The summed E-state index contributed by atoms with van der Waals surface area (Å²) in [5, 5.41) is 2.71. The van der Waals surface area contributed by atoms with Crippen molar-refractivity contribution in [2.45, 2.75) is 25.2 Å². The summed E-state index contributed by atoms with van der Waals surface area (Å²) in [6.07, 6.45) is 4.65. The summed E-state index contributed by atoms with van der Waals surface area (Å²) >= 11 is 0. The Bertz CT molecular complexity index is 840. The number of carbonyl (C=O) groups excluding carboxylic acids is 1. The van der Waals surface area contributed by atoms with Gasteiger partial charge in [0.25, 0.3) is 0 Å². The second-order valence-electron chi connectivity index (χ2n) is 6.05. The van der Waals surface area contributed by atoms with Crippen molar-refractivity contribution in [1.29, 1.82) is 0 Å². The maximum Gasteiger partial charge on any atom is 0.239 e. The molecule has 1 aliphatic rings. The van der Waals surface area contributed by atoms with Crippen molar-refractivity contribution < 1.29 is 13.2 Å². The van der Waals surface area contributed by atoms with Crippen LogP contribution in [0.4, 0.5) is 5.69 Å². The molecule has 1 amide bonds. The minimum absolute atomic E-state index is 0.215. The van der Waals surface area contributed by atoms with Gasteiger partial charge in [-0.1, -0.05) is 6.42 Å². The van der Waals surface area contributed by atoms with Crippen LogP contribution in [0, 0.1) is 0 Å². The Morgan fingerprint density at radius 3 is 2.78 bits per heavy atom. The highest BCUT2D eigenvalue weighted by Crippen LogP contribution is 2.35. The van der Waals surface area contributed by atoms with E-state index < -0.39 is 10.0 Å². The van der Waals surface area contributed by atoms with E-state index in [4.69, 9.17) is 0 Å². The minimum Gasteiger partial charge on any atom is -0.342 e. The van der Waals surface area contributed by atoms with E-state index in [1.165, 1.54) is 26.3 Å². The first-order valence-corrected chi connectivity index (χ1v) is 9.38. The molecule has 8 heteroatoms. The Morgan fingerprint density at radius 1 is 1.43 bits per heavy atom. The third-order valence-corrected chi connectivity index (χ3v) is 5.47. The van der Waals surface area contributed by atoms with E-state index in [-0.39, 0.29) is 12.5 Å². The first-order valence-electron chi connectivity index (χ1n) is 7.54. The quantitative estimate of drug-likeness (QED) is 0.868. The molecule has 1 saturated carbocycles. The molecule has 1 aromatic heterocycles. The zero-order valence-electron chi connectivity index (χ0n) is 13.2. The Morgan fingerprint density at radius 2 is 2.17 bits per heavy atom. The van der Waals surface area contributed by atoms with Crippen molar-refractivity contribution in [3.05, 3.63) is 24.0 Å². The highest BCUT2D eigenvalue weighted by Gasteiger charge is 2.22. The van der Waals surface area contributed by atoms with Gasteiger partial charge >= 0.3 is 0 Å². The number of aromatic amines is 1. The number of sulfonamides is 1. The standard InChI is InChI=1S/C15H20N4O3S/c1-19(23(2,21)22)9-14(20)16-11-6-7-12-13(8-11)18-15(17-12)10-4-3-5-10/h6-8,10H,3-5,9H2,1-2H3,(H,16,20)(H,17,18). The molecule has 1 fully saturated rings. The van der Waals surface area contributed by atoms with Crippen molar-refractivity contribution in [3.63, 3.8) is 0 Å². The predicted molar refractivity (Wildman–Crippen MR) is 88.8 cm³/mol. The molecule has 0 saturated heterocycles. The minimum atomic E-state index is -3.37. The smallest absolute Gasteiger partial charge is 0.239 e. The number of rotatable bonds is 5. The van der Waals surface area contributed by atoms with Crippen LogP contribution in [0.15, 0.2) is 18.2 Å². The number of likely N-dealkylation sites (N-methyl/N-ethyl adjacent to an activating group) is 1. The van der Waals surface area contributed by atoms with E-state index in [9.17, 15) is 13.2 Å². The van der Waals surface area contributed by atoms with E-state index in [0.717, 1.165) is 27.4 Å². The molecule has 1 heterocycles. The first kappa shape index (κ1) is 15.9. The molecule has 0 radical (unpaired) electrons. The summed E-state index contributed by atoms with van der Waals surface area (Å²) in [4.78, 5) is 19.8. The molecule has 0 atom stereocenters. The molecule has 124 valence electrons. The van der Waals surface area contributed by atoms with E-state index in [2.05, 4.69) is 15.3 Å². The normalized spacial score (nSPS) is 15.8. The largest absolute Gasteiger partial charge is 0.342 e. The Kier molecular flexibility index (Phi) is 4.11. The third kappa shape index (κ3) is 3.53. The fourth-order valence-electron chi connectivity index (χ4n) is 2.50. The lowest BCUT2D eigenvalue weighted by molar-refractivity contribution is -0.116. The number of nitrogens with one attached hydrogen (secondary N) is 2. The summed E-state index contributed by atoms with van der Waals surface area (Å²) in [6, 6.07) is 5.44. The highest BCUT2D eigenvalue weighted by molar-refractivity contribution is 7.88. The molecule has 0 aliphatic heterocycles. The van der Waals surface area contributed by atoms with Gasteiger partial charge in [-0.2, -0.15) is 4.31 Å². The SMILES string of the molecule is CN(CC(=O)Nc1ccc2nc(C3CCC3)[nH]c2c1)S(C)(=O)=O. The zero-order valence-corrected chi connectivity index (χ0v) is 14.0. The molecule has 1 aromatic carbocycles. The molecule has 0 bridgehead atoms. The van der Waals surface area contributed by atoms with Crippen molar-refractivity contribution in [2.24, 2.45) is 0 Å². The van der Waals surface area contributed by atoms with E-state index in [1.54, 1.807) is 6.07 Å². The zero-order chi connectivity index (χ0) is 16.6. The van der Waals surface area contributed by atoms with E-state index in [0.29, 0.717) is 11.6 Å². The predicted octanol–water partition coefficient (Wildman–Crippen LogP) is 1.66. The molecule has 0 spiro atoms. The van der Waals surface area contributed by atoms with Crippen molar-refractivity contribution in [2.75, 3.05) is 25.2 Å². The number of carbonyl (C=O) groups is 1. The lowest BCUT2D eigenvalue weighted by Crippen LogP contribution is -2.34. The maximum atomic E-state index is 11.9. The van der Waals surface area contributed by atoms with Crippen molar-refractivity contribution in [1.82, 2.24) is 14.3 Å². The Balaban J connectivity index is 1.71. The lowest BCUT2D eigenvalue weighted by Gasteiger charge is -2.22. The van der Waals surface area contributed by atoms with Crippen LogP contribution in [-0.2, 0) is 14.8 Å². The van der Waals surface area contributed by atoms with Crippen LogP contribution in [0.5, 0.6) is 0 Å². The van der Waals surface area contributed by atoms with Crippen LogP contribution in [0.2, 0.25) is 0 Å². The summed E-state index contributed by atoms with van der Waals surface area (Å²) in [5.41, 5.74) is 2.37. The molecule has 1 aliphatic carbocycles. The number of anilines is 1. The number of nitrogens with zero attached hydrogens (tertiary/aromatic N) is 2. The number of H-pyrrole nitrogens is 1. The summed E-state index contributed by atoms with van der Waals surface area (Å²) in [6.45, 7) is -0.215. The number of hydrogen-bond donors (Lipinski definition) is 2. The second-order valence-corrected chi connectivity index (χ2v) is 8.14. The first-order chi connectivity index (χ1) is 10.8. The fourth-order valence-corrected chi connectivity index (χ4v) is 2.85. The molecule has 3 rings (SSSR count). The number of imidazole rings is 1. The lowest BCUT2D eigenvalue weighted by atomic mass is 9.85. The van der Waals surface area contributed by atoms with Crippen LogP contribution >= 0.6 is 0 Å². The van der Waals surface area contributed by atoms with Gasteiger partial charge in [-0.05, 0) is 31.0 Å². The van der Waals surface area contributed by atoms with Crippen LogP contribution in [0.3, 0.4) is 0 Å². The summed E-state index contributed by atoms with van der Waals surface area (Å²) in [7, 11) is -2.00. The van der Waals surface area contributed by atoms with Crippen LogP contribution in [0.25, 0.3) is 11.0 Å². The maximum absolute atomic E-state index is 11.9. The van der Waals surface area contributed by atoms with Gasteiger partial charge in [0.05, 0.1) is 23.8 Å². The van der Waals surface area contributed by atoms with Crippen LogP contribution in [0.1, 0.15) is 31.0 Å². The highest BCUT2D eigenvalue weighted by atomic mass is 32.2. The van der Waals surface area contributed by atoms with Crippen LogP contribution in [-0.4, -0.2) is 48.4 Å². The Hall–Kier alpha value is -1.93. The van der Waals surface area contributed by atoms with Crippen molar-refractivity contribution in [3.8, 4) is 0 Å². The van der Waals surface area contributed by atoms with Gasteiger partial charge in [0, 0.05) is 18.7 Å². The third-order valence-electron chi connectivity index (χ3n) is 4.21.